The fourth-order valence-electron chi connectivity index (χ4n) is 3.69. The number of nitrogens with one attached hydrogen (secondary N) is 1. The van der Waals surface area contributed by atoms with E-state index in [-0.39, 0.29) is 5.43 Å². The fourth-order valence-corrected chi connectivity index (χ4v) is 4.76. The topological polar surface area (TPSA) is 46.9 Å². The smallest absolute Gasteiger partial charge is 0.194 e. The van der Waals surface area contributed by atoms with Crippen molar-refractivity contribution < 1.29 is 0 Å². The number of hydrogen-bond acceptors (Lipinski definition) is 4. The van der Waals surface area contributed by atoms with E-state index >= 15 is 0 Å². The molecule has 3 aromatic carbocycles. The van der Waals surface area contributed by atoms with Crippen molar-refractivity contribution in [3.8, 4) is 5.69 Å². The average molecular weight is 436 g/mol. The molecular formula is C27H21N3OS. The van der Waals surface area contributed by atoms with Crippen LogP contribution in [0.15, 0.2) is 118 Å². The zero-order valence-electron chi connectivity index (χ0n) is 17.5. The minimum atomic E-state index is -0.0588. The predicted octanol–water partition coefficient (Wildman–Crippen LogP) is 6.59. The highest BCUT2D eigenvalue weighted by Crippen LogP contribution is 2.34. The van der Waals surface area contributed by atoms with E-state index in [1.807, 2.05) is 109 Å². The zero-order valence-corrected chi connectivity index (χ0v) is 18.3. The molecule has 0 saturated heterocycles. The quantitative estimate of drug-likeness (QED) is 0.338. The second-order valence-electron chi connectivity index (χ2n) is 7.43. The molecule has 0 spiro atoms. The van der Waals surface area contributed by atoms with Crippen LogP contribution in [-0.4, -0.2) is 9.55 Å². The molecule has 0 bridgehead atoms. The lowest BCUT2D eigenvalue weighted by Crippen LogP contribution is -2.14. The molecule has 0 radical (unpaired) electrons. The van der Waals surface area contributed by atoms with Crippen molar-refractivity contribution >= 4 is 34.3 Å². The highest BCUT2D eigenvalue weighted by atomic mass is 32.2. The van der Waals surface area contributed by atoms with Gasteiger partial charge < -0.3 is 5.32 Å². The van der Waals surface area contributed by atoms with Crippen LogP contribution in [0.3, 0.4) is 0 Å². The Labute approximate surface area is 190 Å². The monoisotopic (exact) mass is 435 g/mol. The lowest BCUT2D eigenvalue weighted by atomic mass is 10.2. The second kappa shape index (κ2) is 8.73. The first-order chi connectivity index (χ1) is 15.7. The van der Waals surface area contributed by atoms with Gasteiger partial charge in [0.15, 0.2) is 11.1 Å². The van der Waals surface area contributed by atoms with Gasteiger partial charge in [-0.25, -0.2) is 4.98 Å². The van der Waals surface area contributed by atoms with Crippen LogP contribution >= 0.6 is 11.8 Å². The summed E-state index contributed by atoms with van der Waals surface area (Å²) >= 11 is 1.59. The summed E-state index contributed by atoms with van der Waals surface area (Å²) in [4.78, 5) is 20.2. The second-order valence-corrected chi connectivity index (χ2v) is 8.55. The third-order valence-corrected chi connectivity index (χ3v) is 6.14. The Morgan fingerprint density at radius 2 is 1.44 bits per heavy atom. The molecule has 0 unspecified atom stereocenters. The first-order valence-electron chi connectivity index (χ1n) is 10.4. The van der Waals surface area contributed by atoms with Gasteiger partial charge in [0.05, 0.1) is 5.39 Å². The number of pyridine rings is 2. The van der Waals surface area contributed by atoms with E-state index in [0.717, 1.165) is 26.9 Å². The van der Waals surface area contributed by atoms with E-state index in [1.165, 1.54) is 0 Å². The number of aryl methyl sites for hydroxylation is 1. The highest BCUT2D eigenvalue weighted by Gasteiger charge is 2.17. The number of benzene rings is 3. The maximum atomic E-state index is 13.4. The van der Waals surface area contributed by atoms with E-state index in [9.17, 15) is 4.79 Å². The van der Waals surface area contributed by atoms with E-state index in [1.54, 1.807) is 17.8 Å². The molecule has 156 valence electrons. The van der Waals surface area contributed by atoms with Gasteiger partial charge >= 0.3 is 0 Å². The Bertz CT molecular complexity index is 1430. The van der Waals surface area contributed by atoms with Crippen molar-refractivity contribution in [3.05, 3.63) is 119 Å². The Hall–Kier alpha value is -3.83. The van der Waals surface area contributed by atoms with E-state index in [2.05, 4.69) is 5.32 Å². The van der Waals surface area contributed by atoms with Crippen LogP contribution in [-0.2, 0) is 0 Å². The first kappa shape index (κ1) is 20.1. The fraction of sp³-hybridized carbons (Fsp3) is 0.0370. The van der Waals surface area contributed by atoms with E-state index in [4.69, 9.17) is 4.98 Å². The normalized spacial score (nSPS) is 10.9. The number of fused-ring (bicyclic) bond motifs is 1. The standard InChI is InChI=1S/C27H21N3OS/c1-19-17-24(32-22-15-9-4-10-16-22)26-23(31)18-25(29-20-11-5-2-6-12-20)30(27(26)28-19)21-13-7-3-8-14-21/h2-18,29H,1H3. The maximum absolute atomic E-state index is 13.4. The summed E-state index contributed by atoms with van der Waals surface area (Å²) in [5.41, 5.74) is 3.28. The summed E-state index contributed by atoms with van der Waals surface area (Å²) in [7, 11) is 0. The van der Waals surface area contributed by atoms with Gasteiger partial charge in [0, 0.05) is 32.9 Å². The van der Waals surface area contributed by atoms with Crippen LogP contribution in [0.5, 0.6) is 0 Å². The first-order valence-corrected chi connectivity index (χ1v) is 11.2. The van der Waals surface area contributed by atoms with E-state index < -0.39 is 0 Å². The maximum Gasteiger partial charge on any atom is 0.194 e. The summed E-state index contributed by atoms with van der Waals surface area (Å²) in [5.74, 6) is 0.675. The largest absolute Gasteiger partial charge is 0.341 e. The summed E-state index contributed by atoms with van der Waals surface area (Å²) in [5, 5.41) is 4.03. The van der Waals surface area contributed by atoms with Crippen molar-refractivity contribution in [3.63, 3.8) is 0 Å². The number of anilines is 2. The Morgan fingerprint density at radius 3 is 2.12 bits per heavy atom. The van der Waals surface area contributed by atoms with Gasteiger partial charge in [-0.15, -0.1) is 0 Å². The van der Waals surface area contributed by atoms with Gasteiger partial charge in [-0.2, -0.15) is 0 Å². The molecule has 5 aromatic rings. The summed E-state index contributed by atoms with van der Waals surface area (Å²) in [6.07, 6.45) is 0. The van der Waals surface area contributed by atoms with Crippen LogP contribution in [0.25, 0.3) is 16.7 Å². The number of hydrogen-bond donors (Lipinski definition) is 1. The summed E-state index contributed by atoms with van der Waals surface area (Å²) < 4.78 is 2.02. The van der Waals surface area contributed by atoms with Crippen molar-refractivity contribution in [2.75, 3.05) is 5.32 Å². The molecule has 0 aliphatic rings. The van der Waals surface area contributed by atoms with Crippen LogP contribution in [0.1, 0.15) is 5.69 Å². The van der Waals surface area contributed by atoms with Crippen LogP contribution in [0.4, 0.5) is 11.5 Å². The van der Waals surface area contributed by atoms with Gasteiger partial charge in [0.1, 0.15) is 5.82 Å². The van der Waals surface area contributed by atoms with Crippen molar-refractivity contribution in [1.82, 2.24) is 9.55 Å². The van der Waals surface area contributed by atoms with Gasteiger partial charge in [0.2, 0.25) is 0 Å². The third kappa shape index (κ3) is 4.03. The Morgan fingerprint density at radius 1 is 0.812 bits per heavy atom. The molecule has 2 heterocycles. The van der Waals surface area contributed by atoms with Gasteiger partial charge in [-0.3, -0.25) is 9.36 Å². The molecule has 0 saturated carbocycles. The Balaban J connectivity index is 1.78. The molecule has 0 atom stereocenters. The molecule has 0 fully saturated rings. The summed E-state index contributed by atoms with van der Waals surface area (Å²) in [6.45, 7) is 1.96. The molecule has 5 heteroatoms. The van der Waals surface area contributed by atoms with Gasteiger partial charge in [-0.05, 0) is 49.4 Å². The highest BCUT2D eigenvalue weighted by molar-refractivity contribution is 7.99. The van der Waals surface area contributed by atoms with Crippen molar-refractivity contribution in [2.45, 2.75) is 16.7 Å². The zero-order chi connectivity index (χ0) is 21.9. The van der Waals surface area contributed by atoms with Crippen LogP contribution in [0.2, 0.25) is 0 Å². The Kier molecular flexibility index (Phi) is 5.48. The van der Waals surface area contributed by atoms with Crippen LogP contribution in [0, 0.1) is 6.92 Å². The molecule has 1 N–H and O–H groups in total. The van der Waals surface area contributed by atoms with E-state index in [0.29, 0.717) is 16.9 Å². The molecule has 32 heavy (non-hydrogen) atoms. The molecule has 0 amide bonds. The molecule has 0 aliphatic carbocycles. The lowest BCUT2D eigenvalue weighted by Gasteiger charge is -2.19. The van der Waals surface area contributed by atoms with Gasteiger partial charge in [-0.1, -0.05) is 66.4 Å². The van der Waals surface area contributed by atoms with Gasteiger partial charge in [0.25, 0.3) is 0 Å². The SMILES string of the molecule is Cc1cc(Sc2ccccc2)c2c(=O)cc(Nc3ccccc3)n(-c3ccccc3)c2n1. The number of rotatable bonds is 5. The van der Waals surface area contributed by atoms with Crippen molar-refractivity contribution in [1.29, 1.82) is 0 Å². The third-order valence-electron chi connectivity index (χ3n) is 5.09. The number of para-hydroxylation sites is 2. The molecule has 4 nitrogen and oxygen atoms in total. The van der Waals surface area contributed by atoms with Crippen molar-refractivity contribution in [2.24, 2.45) is 0 Å². The average Bonchev–Trinajstić information content (AvgIpc) is 2.81. The molecule has 2 aromatic heterocycles. The summed E-state index contributed by atoms with van der Waals surface area (Å²) in [6, 6.07) is 33.6. The molecule has 0 aliphatic heterocycles. The number of aromatic nitrogens is 2. The minimum absolute atomic E-state index is 0.0588. The minimum Gasteiger partial charge on any atom is -0.341 e. The van der Waals surface area contributed by atoms with Crippen LogP contribution < -0.4 is 10.7 Å². The predicted molar refractivity (Wildman–Crippen MR) is 132 cm³/mol. The number of nitrogens with zero attached hydrogens (tertiary/aromatic N) is 2. The molecule has 5 rings (SSSR count). The molecular weight excluding hydrogens is 414 g/mol. The lowest BCUT2D eigenvalue weighted by molar-refractivity contribution is 1.04.